The van der Waals surface area contributed by atoms with Gasteiger partial charge in [-0.2, -0.15) is 0 Å². The fourth-order valence-corrected chi connectivity index (χ4v) is 3.43. The first-order chi connectivity index (χ1) is 10.4. The maximum atomic E-state index is 12.4. The molecule has 0 aliphatic carbocycles. The zero-order valence-corrected chi connectivity index (χ0v) is 14.9. The van der Waals surface area contributed by atoms with Crippen molar-refractivity contribution in [2.24, 2.45) is 0 Å². The lowest BCUT2D eigenvalue weighted by atomic mass is 10.1. The van der Waals surface area contributed by atoms with Crippen molar-refractivity contribution in [3.05, 3.63) is 35.4 Å². The van der Waals surface area contributed by atoms with Gasteiger partial charge in [0.05, 0.1) is 13.1 Å². The Labute approximate surface area is 146 Å². The van der Waals surface area contributed by atoms with Crippen LogP contribution in [0.4, 0.5) is 0 Å². The second kappa shape index (κ2) is 7.87. The molecule has 0 aromatic heterocycles. The van der Waals surface area contributed by atoms with E-state index in [0.29, 0.717) is 5.56 Å². The van der Waals surface area contributed by atoms with Gasteiger partial charge in [-0.25, -0.2) is 0 Å². The summed E-state index contributed by atoms with van der Waals surface area (Å²) in [6, 6.07) is 7.38. The first-order valence-electron chi connectivity index (χ1n) is 7.67. The lowest BCUT2D eigenvalue weighted by molar-refractivity contribution is -0.926. The summed E-state index contributed by atoms with van der Waals surface area (Å²) < 4.78 is -1.53. The van der Waals surface area contributed by atoms with Crippen LogP contribution in [0.5, 0.6) is 0 Å². The summed E-state index contributed by atoms with van der Waals surface area (Å²) in [5, 5.41) is 2.92. The average Bonchev–Trinajstić information content (AvgIpc) is 2.73. The minimum atomic E-state index is -1.53. The quantitative estimate of drug-likeness (QED) is 0.795. The number of benzene rings is 1. The van der Waals surface area contributed by atoms with Crippen molar-refractivity contribution in [2.75, 3.05) is 13.1 Å². The molecule has 1 atom stereocenters. The van der Waals surface area contributed by atoms with E-state index in [1.165, 1.54) is 12.8 Å². The molecular weight excluding hydrogens is 343 g/mol. The van der Waals surface area contributed by atoms with Gasteiger partial charge < -0.3 is 4.90 Å². The highest BCUT2D eigenvalue weighted by atomic mass is 35.6. The Kier molecular flexibility index (Phi) is 6.39. The van der Waals surface area contributed by atoms with Gasteiger partial charge in [-0.3, -0.25) is 10.1 Å². The third-order valence-electron chi connectivity index (χ3n) is 4.07. The van der Waals surface area contributed by atoms with E-state index in [1.54, 1.807) is 12.1 Å². The minimum Gasteiger partial charge on any atom is -0.312 e. The van der Waals surface area contributed by atoms with E-state index >= 15 is 0 Å². The summed E-state index contributed by atoms with van der Waals surface area (Å²) in [4.78, 5) is 13.6. The minimum absolute atomic E-state index is 0.201. The number of alkyl halides is 3. The summed E-state index contributed by atoms with van der Waals surface area (Å²) in [7, 11) is 0. The Morgan fingerprint density at radius 2 is 1.64 bits per heavy atom. The third kappa shape index (κ3) is 5.02. The predicted molar refractivity (Wildman–Crippen MR) is 91.9 cm³/mol. The maximum absolute atomic E-state index is 12.4. The molecule has 1 aromatic rings. The average molecular weight is 365 g/mol. The number of halogens is 3. The normalized spacial score (nSPS) is 18.5. The van der Waals surface area contributed by atoms with Gasteiger partial charge in [0.1, 0.15) is 0 Å². The number of rotatable bonds is 3. The van der Waals surface area contributed by atoms with E-state index in [9.17, 15) is 4.79 Å². The van der Waals surface area contributed by atoms with Gasteiger partial charge in [0, 0.05) is 5.56 Å². The second-order valence-corrected chi connectivity index (χ2v) is 8.26. The number of likely N-dealkylation sites (tertiary alicyclic amines) is 1. The number of nitrogens with one attached hydrogen (secondary N) is 2. The Hall–Kier alpha value is -0.480. The van der Waals surface area contributed by atoms with Crippen molar-refractivity contribution in [3.63, 3.8) is 0 Å². The lowest BCUT2D eigenvalue weighted by Gasteiger charge is -2.32. The van der Waals surface area contributed by atoms with Crippen molar-refractivity contribution in [1.82, 2.24) is 5.32 Å². The van der Waals surface area contributed by atoms with Crippen LogP contribution in [0.1, 0.15) is 41.6 Å². The molecule has 0 bridgehead atoms. The topological polar surface area (TPSA) is 33.5 Å². The molecule has 122 valence electrons. The van der Waals surface area contributed by atoms with Crippen LogP contribution in [0.2, 0.25) is 0 Å². The van der Waals surface area contributed by atoms with Crippen LogP contribution in [-0.2, 0) is 0 Å². The largest absolute Gasteiger partial charge is 0.312 e. The number of quaternary nitrogens is 1. The van der Waals surface area contributed by atoms with E-state index in [2.05, 4.69) is 5.32 Å². The first-order valence-corrected chi connectivity index (χ1v) is 8.80. The van der Waals surface area contributed by atoms with E-state index < -0.39 is 9.96 Å². The molecule has 1 aliphatic heterocycles. The molecule has 2 N–H and O–H groups in total. The van der Waals surface area contributed by atoms with Crippen LogP contribution in [0.3, 0.4) is 0 Å². The van der Waals surface area contributed by atoms with Crippen LogP contribution >= 0.6 is 34.8 Å². The summed E-state index contributed by atoms with van der Waals surface area (Å²) in [5.74, 6) is -0.201. The van der Waals surface area contributed by atoms with Gasteiger partial charge in [-0.05, 0) is 44.7 Å². The molecule has 0 spiro atoms. The molecule has 1 fully saturated rings. The van der Waals surface area contributed by atoms with Crippen molar-refractivity contribution in [3.8, 4) is 0 Å². The van der Waals surface area contributed by atoms with Gasteiger partial charge in [-0.1, -0.05) is 52.5 Å². The highest BCUT2D eigenvalue weighted by molar-refractivity contribution is 6.68. The van der Waals surface area contributed by atoms with Gasteiger partial charge in [0.2, 0.25) is 6.17 Å². The monoisotopic (exact) mass is 363 g/mol. The van der Waals surface area contributed by atoms with Crippen LogP contribution in [-0.4, -0.2) is 29.0 Å². The Bertz CT molecular complexity index is 491. The molecule has 6 heteroatoms. The predicted octanol–water partition coefficient (Wildman–Crippen LogP) is 2.88. The number of aryl methyl sites for hydroxylation is 1. The van der Waals surface area contributed by atoms with Crippen LogP contribution in [0, 0.1) is 6.92 Å². The van der Waals surface area contributed by atoms with E-state index in [1.807, 2.05) is 19.1 Å². The SMILES string of the molecule is Cc1ccc(C(=O)NC([NH+]2CCCCCC2)C(Cl)(Cl)Cl)cc1. The fourth-order valence-electron chi connectivity index (χ4n) is 2.81. The molecule has 3 nitrogen and oxygen atoms in total. The zero-order valence-electron chi connectivity index (χ0n) is 12.7. The lowest BCUT2D eigenvalue weighted by Crippen LogP contribution is -3.19. The Morgan fingerprint density at radius 1 is 1.09 bits per heavy atom. The standard InChI is InChI=1S/C16H21Cl3N2O/c1-12-6-8-13(9-7-12)14(22)20-15(16(17,18)19)21-10-4-2-3-5-11-21/h6-9,15H,2-5,10-11H2,1H3,(H,20,22)/p+1. The number of hydrogen-bond acceptors (Lipinski definition) is 1. The number of carbonyl (C=O) groups excluding carboxylic acids is 1. The van der Waals surface area contributed by atoms with Crippen molar-refractivity contribution < 1.29 is 9.69 Å². The first kappa shape index (κ1) is 17.9. The molecule has 2 rings (SSSR count). The molecule has 1 aliphatic rings. The molecule has 1 amide bonds. The van der Waals surface area contributed by atoms with E-state index in [4.69, 9.17) is 34.8 Å². The van der Waals surface area contributed by atoms with Crippen molar-refractivity contribution in [1.29, 1.82) is 0 Å². The van der Waals surface area contributed by atoms with Gasteiger partial charge in [0.15, 0.2) is 0 Å². The fraction of sp³-hybridized carbons (Fsp3) is 0.562. The van der Waals surface area contributed by atoms with Gasteiger partial charge in [0.25, 0.3) is 9.70 Å². The molecular formula is C16H22Cl3N2O+. The molecule has 1 heterocycles. The van der Waals surface area contributed by atoms with Crippen LogP contribution < -0.4 is 10.2 Å². The molecule has 0 radical (unpaired) electrons. The number of hydrogen-bond donors (Lipinski definition) is 2. The Morgan fingerprint density at radius 3 is 2.14 bits per heavy atom. The van der Waals surface area contributed by atoms with Crippen molar-refractivity contribution in [2.45, 2.75) is 42.6 Å². The van der Waals surface area contributed by atoms with E-state index in [-0.39, 0.29) is 5.91 Å². The highest BCUT2D eigenvalue weighted by Gasteiger charge is 2.42. The Balaban J connectivity index is 2.12. The summed E-state index contributed by atoms with van der Waals surface area (Å²) in [5.41, 5.74) is 1.69. The van der Waals surface area contributed by atoms with Gasteiger partial charge >= 0.3 is 0 Å². The smallest absolute Gasteiger partial charge is 0.262 e. The number of amides is 1. The molecule has 22 heavy (non-hydrogen) atoms. The second-order valence-electron chi connectivity index (χ2n) is 5.89. The zero-order chi connectivity index (χ0) is 16.2. The van der Waals surface area contributed by atoms with E-state index in [0.717, 1.165) is 36.4 Å². The molecule has 1 saturated heterocycles. The summed E-state index contributed by atoms with van der Waals surface area (Å²) >= 11 is 18.4. The van der Waals surface area contributed by atoms with Crippen LogP contribution in [0.15, 0.2) is 24.3 Å². The summed E-state index contributed by atoms with van der Waals surface area (Å²) in [6.07, 6.45) is 4.04. The van der Waals surface area contributed by atoms with Crippen LogP contribution in [0.25, 0.3) is 0 Å². The molecule has 1 aromatic carbocycles. The maximum Gasteiger partial charge on any atom is 0.262 e. The third-order valence-corrected chi connectivity index (χ3v) is 4.73. The molecule has 0 saturated carbocycles. The van der Waals surface area contributed by atoms with Gasteiger partial charge in [-0.15, -0.1) is 0 Å². The summed E-state index contributed by atoms with van der Waals surface area (Å²) in [6.45, 7) is 3.80. The highest BCUT2D eigenvalue weighted by Crippen LogP contribution is 2.28. The molecule has 1 unspecified atom stereocenters. The number of carbonyl (C=O) groups is 1. The van der Waals surface area contributed by atoms with Crippen molar-refractivity contribution >= 4 is 40.7 Å².